The second-order valence-electron chi connectivity index (χ2n) is 3.68. The van der Waals surface area contributed by atoms with Gasteiger partial charge >= 0.3 is 0 Å². The van der Waals surface area contributed by atoms with Crippen LogP contribution < -0.4 is 5.32 Å². The summed E-state index contributed by atoms with van der Waals surface area (Å²) in [6, 6.07) is 0. The Balaban J connectivity index is 2.28. The number of amides is 1. The van der Waals surface area contributed by atoms with E-state index in [2.05, 4.69) is 22.1 Å². The van der Waals surface area contributed by atoms with E-state index in [9.17, 15) is 4.79 Å². The van der Waals surface area contributed by atoms with Crippen LogP contribution in [0, 0.1) is 30.6 Å². The highest BCUT2D eigenvalue weighted by molar-refractivity contribution is 5.78. The molecule has 0 bridgehead atoms. The quantitative estimate of drug-likeness (QED) is 0.660. The lowest BCUT2D eigenvalue weighted by Gasteiger charge is -2.29. The van der Waals surface area contributed by atoms with Crippen LogP contribution in [0.25, 0.3) is 0 Å². The van der Waals surface area contributed by atoms with Gasteiger partial charge in [0, 0.05) is 5.92 Å². The van der Waals surface area contributed by atoms with E-state index in [1.807, 2.05) is 0 Å². The molecule has 1 fully saturated rings. The highest BCUT2D eigenvalue weighted by atomic mass is 16.1. The molecule has 1 N–H and O–H groups in total. The number of piperidine rings is 1. The molecule has 15 heavy (non-hydrogen) atoms. The van der Waals surface area contributed by atoms with Crippen molar-refractivity contribution in [2.24, 2.45) is 5.92 Å². The van der Waals surface area contributed by atoms with Gasteiger partial charge in [0.2, 0.25) is 5.91 Å². The molecule has 0 saturated carbocycles. The molecule has 0 unspecified atom stereocenters. The minimum atomic E-state index is 0.0771. The second kappa shape index (κ2) is 6.11. The van der Waals surface area contributed by atoms with Crippen molar-refractivity contribution < 1.29 is 4.79 Å². The van der Waals surface area contributed by atoms with Crippen molar-refractivity contribution in [3.63, 3.8) is 0 Å². The van der Waals surface area contributed by atoms with Gasteiger partial charge in [0.15, 0.2) is 0 Å². The maximum absolute atomic E-state index is 11.6. The lowest BCUT2D eigenvalue weighted by molar-refractivity contribution is -0.126. The monoisotopic (exact) mass is 204 g/mol. The predicted octanol–water partition coefficient (Wildman–Crippen LogP) is 0.0810. The third-order valence-electron chi connectivity index (χ3n) is 2.64. The van der Waals surface area contributed by atoms with E-state index < -0.39 is 0 Å². The molecule has 1 amide bonds. The van der Waals surface area contributed by atoms with Crippen molar-refractivity contribution in [2.75, 3.05) is 26.2 Å². The maximum atomic E-state index is 11.6. The van der Waals surface area contributed by atoms with Gasteiger partial charge < -0.3 is 5.32 Å². The first-order valence-electron chi connectivity index (χ1n) is 5.15. The fraction of sp³-hybridized carbons (Fsp3) is 0.583. The van der Waals surface area contributed by atoms with Gasteiger partial charge in [-0.1, -0.05) is 11.8 Å². The van der Waals surface area contributed by atoms with Crippen molar-refractivity contribution in [3.8, 4) is 24.7 Å². The molecule has 80 valence electrons. The molecule has 3 heteroatoms. The number of likely N-dealkylation sites (tertiary alicyclic amines) is 1. The van der Waals surface area contributed by atoms with Crippen molar-refractivity contribution >= 4 is 5.91 Å². The van der Waals surface area contributed by atoms with Crippen LogP contribution in [0.2, 0.25) is 0 Å². The Kier molecular flexibility index (Phi) is 4.74. The van der Waals surface area contributed by atoms with Crippen molar-refractivity contribution in [1.29, 1.82) is 0 Å². The first-order chi connectivity index (χ1) is 7.27. The molecular formula is C12H16N2O. The molecule has 1 rings (SSSR count). The zero-order valence-corrected chi connectivity index (χ0v) is 8.83. The van der Waals surface area contributed by atoms with E-state index in [1.54, 1.807) is 0 Å². The average molecular weight is 204 g/mol. The van der Waals surface area contributed by atoms with Gasteiger partial charge in [0.1, 0.15) is 0 Å². The minimum absolute atomic E-state index is 0.0771. The SMILES string of the molecule is C#CCNC(=O)C1CCN(CC#C)CC1. The fourth-order valence-electron chi connectivity index (χ4n) is 1.76. The van der Waals surface area contributed by atoms with Crippen LogP contribution >= 0.6 is 0 Å². The number of rotatable bonds is 3. The summed E-state index contributed by atoms with van der Waals surface area (Å²) in [5.41, 5.74) is 0. The third kappa shape index (κ3) is 3.65. The second-order valence-corrected chi connectivity index (χ2v) is 3.68. The number of hydrogen-bond donors (Lipinski definition) is 1. The summed E-state index contributed by atoms with van der Waals surface area (Å²) in [6.07, 6.45) is 12.0. The van der Waals surface area contributed by atoms with E-state index in [0.29, 0.717) is 13.1 Å². The Hall–Kier alpha value is -1.45. The molecular weight excluding hydrogens is 188 g/mol. The number of carbonyl (C=O) groups is 1. The zero-order chi connectivity index (χ0) is 11.1. The van der Waals surface area contributed by atoms with Crippen LogP contribution in [0.4, 0.5) is 0 Å². The molecule has 0 aliphatic carbocycles. The highest BCUT2D eigenvalue weighted by Gasteiger charge is 2.23. The molecule has 0 aromatic rings. The Labute approximate surface area is 91.2 Å². The molecule has 1 heterocycles. The highest BCUT2D eigenvalue weighted by Crippen LogP contribution is 2.16. The van der Waals surface area contributed by atoms with Gasteiger partial charge in [0.05, 0.1) is 13.1 Å². The Morgan fingerprint density at radius 3 is 2.53 bits per heavy atom. The maximum Gasteiger partial charge on any atom is 0.223 e. The van der Waals surface area contributed by atoms with Crippen LogP contribution in [0.5, 0.6) is 0 Å². The molecule has 1 aliphatic rings. The largest absolute Gasteiger partial charge is 0.345 e. The summed E-state index contributed by atoms with van der Waals surface area (Å²) in [6.45, 7) is 2.80. The van der Waals surface area contributed by atoms with Crippen LogP contribution in [0.3, 0.4) is 0 Å². The Bertz CT molecular complexity index is 290. The van der Waals surface area contributed by atoms with Crippen molar-refractivity contribution in [2.45, 2.75) is 12.8 Å². The van der Waals surface area contributed by atoms with E-state index in [1.165, 1.54) is 0 Å². The lowest BCUT2D eigenvalue weighted by atomic mass is 9.96. The van der Waals surface area contributed by atoms with E-state index in [0.717, 1.165) is 25.9 Å². The van der Waals surface area contributed by atoms with Crippen molar-refractivity contribution in [3.05, 3.63) is 0 Å². The summed E-state index contributed by atoms with van der Waals surface area (Å²) in [4.78, 5) is 13.7. The number of hydrogen-bond acceptors (Lipinski definition) is 2. The van der Waals surface area contributed by atoms with Crippen LogP contribution in [-0.4, -0.2) is 37.0 Å². The smallest absolute Gasteiger partial charge is 0.223 e. The van der Waals surface area contributed by atoms with E-state index >= 15 is 0 Å². The third-order valence-corrected chi connectivity index (χ3v) is 2.64. The molecule has 0 aromatic carbocycles. The summed E-state index contributed by atoms with van der Waals surface area (Å²) in [5.74, 6) is 5.19. The summed E-state index contributed by atoms with van der Waals surface area (Å²) < 4.78 is 0. The number of carbonyl (C=O) groups excluding carboxylic acids is 1. The summed E-state index contributed by atoms with van der Waals surface area (Å²) >= 11 is 0. The lowest BCUT2D eigenvalue weighted by Crippen LogP contribution is -2.40. The Morgan fingerprint density at radius 2 is 2.00 bits per heavy atom. The van der Waals surface area contributed by atoms with Crippen LogP contribution in [0.1, 0.15) is 12.8 Å². The summed E-state index contributed by atoms with van der Waals surface area (Å²) in [5, 5.41) is 2.71. The summed E-state index contributed by atoms with van der Waals surface area (Å²) in [7, 11) is 0. The molecule has 0 atom stereocenters. The van der Waals surface area contributed by atoms with Crippen LogP contribution in [0.15, 0.2) is 0 Å². The molecule has 0 radical (unpaired) electrons. The first-order valence-corrected chi connectivity index (χ1v) is 5.15. The molecule has 0 aromatic heterocycles. The normalized spacial score (nSPS) is 17.7. The van der Waals surface area contributed by atoms with E-state index in [4.69, 9.17) is 12.8 Å². The van der Waals surface area contributed by atoms with Gasteiger partial charge in [-0.25, -0.2) is 0 Å². The van der Waals surface area contributed by atoms with Gasteiger partial charge in [-0.15, -0.1) is 12.8 Å². The molecule has 0 spiro atoms. The standard InChI is InChI=1S/C12H16N2O/c1-3-7-13-12(15)11-5-9-14(8-4-2)10-6-11/h1-2,11H,5-10H2,(H,13,15). The molecule has 1 aliphatic heterocycles. The fourth-order valence-corrected chi connectivity index (χ4v) is 1.76. The average Bonchev–Trinajstić information content (AvgIpc) is 2.27. The zero-order valence-electron chi connectivity index (χ0n) is 8.83. The number of terminal acetylenes is 2. The van der Waals surface area contributed by atoms with Gasteiger partial charge in [-0.3, -0.25) is 9.69 Å². The number of nitrogens with one attached hydrogen (secondary N) is 1. The minimum Gasteiger partial charge on any atom is -0.345 e. The Morgan fingerprint density at radius 1 is 1.33 bits per heavy atom. The molecule has 1 saturated heterocycles. The first kappa shape index (κ1) is 11.6. The van der Waals surface area contributed by atoms with Gasteiger partial charge in [0.25, 0.3) is 0 Å². The van der Waals surface area contributed by atoms with Gasteiger partial charge in [-0.2, -0.15) is 0 Å². The van der Waals surface area contributed by atoms with Crippen LogP contribution in [-0.2, 0) is 4.79 Å². The molecule has 3 nitrogen and oxygen atoms in total. The topological polar surface area (TPSA) is 32.3 Å². The number of nitrogens with zero attached hydrogens (tertiary/aromatic N) is 1. The van der Waals surface area contributed by atoms with E-state index in [-0.39, 0.29) is 11.8 Å². The predicted molar refractivity (Wildman–Crippen MR) is 59.8 cm³/mol. The van der Waals surface area contributed by atoms with Gasteiger partial charge in [-0.05, 0) is 25.9 Å². The van der Waals surface area contributed by atoms with Crippen molar-refractivity contribution in [1.82, 2.24) is 10.2 Å².